The molecule has 1 N–H and O–H groups in total. The molecule has 26 heavy (non-hydrogen) atoms. The number of aryl methyl sites for hydroxylation is 1. The fourth-order valence-electron chi connectivity index (χ4n) is 2.64. The molecule has 3 aromatic rings. The zero-order valence-corrected chi connectivity index (χ0v) is 16.0. The fraction of sp³-hybridized carbons (Fsp3) is 0.238. The van der Waals surface area contributed by atoms with E-state index in [0.29, 0.717) is 0 Å². The Balaban J connectivity index is 1.69. The topological polar surface area (TPSA) is 40.5 Å². The van der Waals surface area contributed by atoms with Crippen LogP contribution in [0.3, 0.4) is 0 Å². The zero-order valence-electron chi connectivity index (χ0n) is 15.2. The molecule has 0 fully saturated rings. The Labute approximate surface area is 159 Å². The standard InChI is InChI=1S/C21H24N4S/c1-3-4-14-25(19-8-6-5-7-9-19)20-12-10-18(11-13-20)15-22-24-21-23-17(2)16-26-21/h5-13,15-16H,3-4,14H2,1-2H3,(H,23,24). The van der Waals surface area contributed by atoms with Crippen LogP contribution in [-0.4, -0.2) is 17.7 Å². The van der Waals surface area contributed by atoms with Gasteiger partial charge in [0.1, 0.15) is 0 Å². The zero-order chi connectivity index (χ0) is 18.2. The monoisotopic (exact) mass is 364 g/mol. The number of para-hydroxylation sites is 1. The van der Waals surface area contributed by atoms with Crippen molar-refractivity contribution in [2.75, 3.05) is 16.9 Å². The van der Waals surface area contributed by atoms with E-state index in [1.807, 2.05) is 18.5 Å². The number of unbranched alkanes of at least 4 members (excludes halogenated alkanes) is 1. The predicted octanol–water partition coefficient (Wildman–Crippen LogP) is 5.84. The molecule has 0 unspecified atom stereocenters. The molecule has 1 aromatic heterocycles. The highest BCUT2D eigenvalue weighted by atomic mass is 32.1. The van der Waals surface area contributed by atoms with Gasteiger partial charge in [0.05, 0.1) is 11.9 Å². The van der Waals surface area contributed by atoms with E-state index >= 15 is 0 Å². The van der Waals surface area contributed by atoms with E-state index in [1.54, 1.807) is 11.3 Å². The Kier molecular flexibility index (Phi) is 6.39. The summed E-state index contributed by atoms with van der Waals surface area (Å²) in [4.78, 5) is 6.69. The van der Waals surface area contributed by atoms with Gasteiger partial charge in [-0.3, -0.25) is 5.43 Å². The van der Waals surface area contributed by atoms with Gasteiger partial charge in [0, 0.05) is 23.3 Å². The number of anilines is 3. The molecule has 0 saturated carbocycles. The maximum absolute atomic E-state index is 4.33. The van der Waals surface area contributed by atoms with Gasteiger partial charge in [-0.15, -0.1) is 11.3 Å². The van der Waals surface area contributed by atoms with Gasteiger partial charge in [0.25, 0.3) is 0 Å². The average molecular weight is 365 g/mol. The summed E-state index contributed by atoms with van der Waals surface area (Å²) in [6.45, 7) is 5.21. The van der Waals surface area contributed by atoms with Crippen LogP contribution in [0, 0.1) is 6.92 Å². The normalized spacial score (nSPS) is 11.0. The fourth-order valence-corrected chi connectivity index (χ4v) is 3.28. The smallest absolute Gasteiger partial charge is 0.203 e. The Bertz CT molecular complexity index is 825. The minimum atomic E-state index is 0.810. The SMILES string of the molecule is CCCCN(c1ccccc1)c1ccc(C=NNc2nc(C)cs2)cc1. The Morgan fingerprint density at radius 2 is 1.81 bits per heavy atom. The summed E-state index contributed by atoms with van der Waals surface area (Å²) in [5.74, 6) is 0. The number of hydrazone groups is 1. The molecule has 134 valence electrons. The lowest BCUT2D eigenvalue weighted by atomic mass is 10.1. The van der Waals surface area contributed by atoms with E-state index in [9.17, 15) is 0 Å². The molecule has 0 saturated heterocycles. The van der Waals surface area contributed by atoms with E-state index in [4.69, 9.17) is 0 Å². The van der Waals surface area contributed by atoms with Crippen LogP contribution >= 0.6 is 11.3 Å². The molecule has 0 aliphatic carbocycles. The minimum Gasteiger partial charge on any atom is -0.341 e. The highest BCUT2D eigenvalue weighted by Crippen LogP contribution is 2.25. The molecule has 5 heteroatoms. The molecule has 1 heterocycles. The average Bonchev–Trinajstić information content (AvgIpc) is 3.09. The van der Waals surface area contributed by atoms with Gasteiger partial charge in [-0.05, 0) is 43.2 Å². The molecule has 0 atom stereocenters. The van der Waals surface area contributed by atoms with Gasteiger partial charge in [-0.2, -0.15) is 5.10 Å². The van der Waals surface area contributed by atoms with E-state index in [-0.39, 0.29) is 0 Å². The van der Waals surface area contributed by atoms with Crippen molar-refractivity contribution in [2.24, 2.45) is 5.10 Å². The van der Waals surface area contributed by atoms with Crippen molar-refractivity contribution in [1.29, 1.82) is 0 Å². The third-order valence-corrected chi connectivity index (χ3v) is 4.87. The van der Waals surface area contributed by atoms with Crippen molar-refractivity contribution < 1.29 is 0 Å². The molecule has 2 aromatic carbocycles. The highest BCUT2D eigenvalue weighted by molar-refractivity contribution is 7.13. The van der Waals surface area contributed by atoms with Gasteiger partial charge < -0.3 is 4.90 Å². The van der Waals surface area contributed by atoms with Crippen molar-refractivity contribution >= 4 is 34.1 Å². The lowest BCUT2D eigenvalue weighted by Gasteiger charge is -2.25. The quantitative estimate of drug-likeness (QED) is 0.403. The van der Waals surface area contributed by atoms with Crippen molar-refractivity contribution in [3.63, 3.8) is 0 Å². The minimum absolute atomic E-state index is 0.810. The van der Waals surface area contributed by atoms with Crippen LogP contribution < -0.4 is 10.3 Å². The van der Waals surface area contributed by atoms with Crippen LogP contribution in [0.4, 0.5) is 16.5 Å². The van der Waals surface area contributed by atoms with E-state index in [2.05, 4.69) is 81.9 Å². The van der Waals surface area contributed by atoms with Crippen LogP contribution in [0.5, 0.6) is 0 Å². The molecule has 4 nitrogen and oxygen atoms in total. The second kappa shape index (κ2) is 9.15. The molecule has 0 spiro atoms. The first-order valence-electron chi connectivity index (χ1n) is 8.90. The van der Waals surface area contributed by atoms with Crippen LogP contribution in [-0.2, 0) is 0 Å². The summed E-state index contributed by atoms with van der Waals surface area (Å²) in [5, 5.41) is 7.08. The number of nitrogens with one attached hydrogen (secondary N) is 1. The lowest BCUT2D eigenvalue weighted by Crippen LogP contribution is -2.18. The summed E-state index contributed by atoms with van der Waals surface area (Å²) < 4.78 is 0. The van der Waals surface area contributed by atoms with Gasteiger partial charge in [-0.1, -0.05) is 43.7 Å². The van der Waals surface area contributed by atoms with Crippen molar-refractivity contribution in [2.45, 2.75) is 26.7 Å². The lowest BCUT2D eigenvalue weighted by molar-refractivity contribution is 0.786. The Morgan fingerprint density at radius 3 is 2.46 bits per heavy atom. The highest BCUT2D eigenvalue weighted by Gasteiger charge is 2.08. The molecule has 0 aliphatic rings. The van der Waals surface area contributed by atoms with Crippen molar-refractivity contribution in [3.05, 3.63) is 71.2 Å². The van der Waals surface area contributed by atoms with Crippen molar-refractivity contribution in [3.8, 4) is 0 Å². The summed E-state index contributed by atoms with van der Waals surface area (Å²) in [6, 6.07) is 19.0. The maximum atomic E-state index is 4.33. The van der Waals surface area contributed by atoms with Crippen LogP contribution in [0.15, 0.2) is 65.1 Å². The Hall–Kier alpha value is -2.66. The van der Waals surface area contributed by atoms with Crippen molar-refractivity contribution in [1.82, 2.24) is 4.98 Å². The van der Waals surface area contributed by atoms with Gasteiger partial charge in [0.2, 0.25) is 5.13 Å². The summed E-state index contributed by atoms with van der Waals surface area (Å²) >= 11 is 1.55. The molecule has 0 amide bonds. The maximum Gasteiger partial charge on any atom is 0.203 e. The molecule has 0 bridgehead atoms. The van der Waals surface area contributed by atoms with E-state index in [0.717, 1.165) is 29.4 Å². The predicted molar refractivity (Wildman–Crippen MR) is 113 cm³/mol. The number of hydrogen-bond acceptors (Lipinski definition) is 5. The van der Waals surface area contributed by atoms with Gasteiger partial charge in [0.15, 0.2) is 0 Å². The molecule has 3 rings (SSSR count). The van der Waals surface area contributed by atoms with E-state index < -0.39 is 0 Å². The van der Waals surface area contributed by atoms with E-state index in [1.165, 1.54) is 17.8 Å². The Morgan fingerprint density at radius 1 is 1.08 bits per heavy atom. The third kappa shape index (κ3) is 4.92. The first-order valence-corrected chi connectivity index (χ1v) is 9.78. The third-order valence-electron chi connectivity index (χ3n) is 4.00. The van der Waals surface area contributed by atoms with Gasteiger partial charge >= 0.3 is 0 Å². The molecular weight excluding hydrogens is 340 g/mol. The number of aromatic nitrogens is 1. The number of thiazole rings is 1. The molecule has 0 aliphatic heterocycles. The first kappa shape index (κ1) is 18.1. The number of rotatable bonds is 8. The number of hydrogen-bond donors (Lipinski definition) is 1. The summed E-state index contributed by atoms with van der Waals surface area (Å²) in [6.07, 6.45) is 4.16. The number of benzene rings is 2. The van der Waals surface area contributed by atoms with Crippen LogP contribution in [0.25, 0.3) is 0 Å². The molecular formula is C21H24N4S. The largest absolute Gasteiger partial charge is 0.341 e. The first-order chi connectivity index (χ1) is 12.8. The second-order valence-electron chi connectivity index (χ2n) is 6.10. The van der Waals surface area contributed by atoms with Gasteiger partial charge in [-0.25, -0.2) is 4.98 Å². The summed E-state index contributed by atoms with van der Waals surface area (Å²) in [7, 11) is 0. The number of nitrogens with zero attached hydrogens (tertiary/aromatic N) is 3. The molecule has 0 radical (unpaired) electrons. The summed E-state index contributed by atoms with van der Waals surface area (Å²) in [5.41, 5.74) is 7.45. The van der Waals surface area contributed by atoms with Crippen LogP contribution in [0.2, 0.25) is 0 Å². The van der Waals surface area contributed by atoms with Crippen LogP contribution in [0.1, 0.15) is 31.0 Å². The second-order valence-corrected chi connectivity index (χ2v) is 6.95.